The first kappa shape index (κ1) is 25.5. The van der Waals surface area contributed by atoms with E-state index in [0.29, 0.717) is 0 Å². The van der Waals surface area contributed by atoms with E-state index in [1.165, 1.54) is 82.0 Å². The smallest absolute Gasteiger partial charge is 0.140 e. The molecule has 0 radical (unpaired) electrons. The van der Waals surface area contributed by atoms with Gasteiger partial charge in [0.15, 0.2) is 0 Å². The van der Waals surface area contributed by atoms with Crippen molar-refractivity contribution in [1.82, 2.24) is 4.90 Å². The van der Waals surface area contributed by atoms with Gasteiger partial charge in [0.25, 0.3) is 0 Å². The summed E-state index contributed by atoms with van der Waals surface area (Å²) < 4.78 is 12.7. The molecule has 36 heavy (non-hydrogen) atoms. The van der Waals surface area contributed by atoms with Crippen LogP contribution >= 0.6 is 11.8 Å². The number of ether oxygens (including phenoxy) is 2. The molecule has 1 aliphatic carbocycles. The average Bonchev–Trinajstić information content (AvgIpc) is 2.92. The topological polar surface area (TPSA) is 41.9 Å². The number of rotatable bonds is 6. The lowest BCUT2D eigenvalue weighted by Crippen LogP contribution is -2.33. The Balaban J connectivity index is 1.32. The lowest BCUT2D eigenvalue weighted by Gasteiger charge is -2.35. The first-order chi connectivity index (χ1) is 17.8. The van der Waals surface area contributed by atoms with E-state index < -0.39 is 0 Å². The third-order valence-electron chi connectivity index (χ3n) is 7.74. The lowest BCUT2D eigenvalue weighted by atomic mass is 9.93. The van der Waals surface area contributed by atoms with Crippen LogP contribution in [-0.4, -0.2) is 41.5 Å². The number of hydrogen-bond acceptors (Lipinski definition) is 5. The summed E-state index contributed by atoms with van der Waals surface area (Å²) in [6.45, 7) is 4.14. The van der Waals surface area contributed by atoms with Crippen LogP contribution in [0, 0.1) is 0 Å². The molecule has 3 aliphatic rings. The molecule has 2 aromatic carbocycles. The minimum atomic E-state index is -0.0825. The molecule has 1 N–H and O–H groups in total. The van der Waals surface area contributed by atoms with E-state index in [1.54, 1.807) is 12.1 Å². The van der Waals surface area contributed by atoms with Crippen molar-refractivity contribution in [2.24, 2.45) is 0 Å². The van der Waals surface area contributed by atoms with Gasteiger partial charge >= 0.3 is 0 Å². The molecule has 2 aromatic rings. The molecule has 0 aromatic heterocycles. The van der Waals surface area contributed by atoms with E-state index >= 15 is 0 Å². The molecule has 4 nitrogen and oxygen atoms in total. The van der Waals surface area contributed by atoms with Crippen LogP contribution in [0.1, 0.15) is 82.3 Å². The van der Waals surface area contributed by atoms with Crippen molar-refractivity contribution in [3.8, 4) is 17.2 Å². The van der Waals surface area contributed by atoms with Crippen LogP contribution in [0.3, 0.4) is 0 Å². The lowest BCUT2D eigenvalue weighted by molar-refractivity contribution is 0.183. The first-order valence-electron chi connectivity index (χ1n) is 14.1. The van der Waals surface area contributed by atoms with Crippen LogP contribution < -0.4 is 9.47 Å². The summed E-state index contributed by atoms with van der Waals surface area (Å²) in [6.07, 6.45) is 16.6. The van der Waals surface area contributed by atoms with Gasteiger partial charge in [-0.15, -0.1) is 11.8 Å². The fourth-order valence-corrected chi connectivity index (χ4v) is 7.00. The minimum Gasteiger partial charge on any atom is -0.508 e. The molecule has 0 spiro atoms. The van der Waals surface area contributed by atoms with Crippen LogP contribution in [0.25, 0.3) is 0 Å². The van der Waals surface area contributed by atoms with E-state index in [1.807, 2.05) is 17.8 Å². The van der Waals surface area contributed by atoms with Crippen molar-refractivity contribution in [1.29, 1.82) is 0 Å². The van der Waals surface area contributed by atoms with Gasteiger partial charge in [0.2, 0.25) is 0 Å². The number of thioether (sulfide) groups is 1. The summed E-state index contributed by atoms with van der Waals surface area (Å²) in [6, 6.07) is 14.0. The molecule has 5 heteroatoms. The van der Waals surface area contributed by atoms with Gasteiger partial charge in [0, 0.05) is 12.6 Å². The maximum atomic E-state index is 10.1. The quantitative estimate of drug-likeness (QED) is 0.402. The van der Waals surface area contributed by atoms with Gasteiger partial charge in [-0.3, -0.25) is 4.90 Å². The molecular weight excluding hydrogens is 466 g/mol. The standard InChI is InChI=1S/C31H41NO3S/c33-26-15-18-29-28(23-26)35-30(31(36-29)25-11-7-4-2-1-3-5-8-12-25)24-13-16-27(17-14-24)34-22-21-32-19-9-6-10-20-32/h11,13-18,23,30-31,33H,1-10,12,19-22H2/b25-11+/t30-,31-/m0/s1. The zero-order valence-corrected chi connectivity index (χ0v) is 22.3. The number of likely N-dealkylation sites (tertiary alicyclic amines) is 1. The van der Waals surface area contributed by atoms with E-state index in [9.17, 15) is 5.11 Å². The third kappa shape index (κ3) is 6.80. The molecule has 1 saturated heterocycles. The minimum absolute atomic E-state index is 0.0825. The Kier molecular flexibility index (Phi) is 9.16. The number of nitrogens with zero attached hydrogens (tertiary/aromatic N) is 1. The number of piperidine rings is 1. The summed E-state index contributed by atoms with van der Waals surface area (Å²) in [5.41, 5.74) is 2.69. The van der Waals surface area contributed by atoms with E-state index in [-0.39, 0.29) is 17.1 Å². The van der Waals surface area contributed by atoms with Crippen LogP contribution in [0.15, 0.2) is 59.0 Å². The summed E-state index contributed by atoms with van der Waals surface area (Å²) >= 11 is 1.90. The second-order valence-corrected chi connectivity index (χ2v) is 11.7. The highest BCUT2D eigenvalue weighted by Gasteiger charge is 2.34. The number of phenolic OH excluding ortho intramolecular Hbond substituents is 1. The summed E-state index contributed by atoms with van der Waals surface area (Å²) in [4.78, 5) is 3.62. The summed E-state index contributed by atoms with van der Waals surface area (Å²) in [5.74, 6) is 1.96. The van der Waals surface area contributed by atoms with Gasteiger partial charge in [-0.1, -0.05) is 55.9 Å². The largest absolute Gasteiger partial charge is 0.508 e. The van der Waals surface area contributed by atoms with Gasteiger partial charge in [0.05, 0.1) is 10.1 Å². The molecule has 0 saturated carbocycles. The molecule has 2 heterocycles. The second kappa shape index (κ2) is 12.9. The fourth-order valence-electron chi connectivity index (χ4n) is 5.65. The average molecular weight is 508 g/mol. The molecule has 2 atom stereocenters. The van der Waals surface area contributed by atoms with Crippen LogP contribution in [0.2, 0.25) is 0 Å². The van der Waals surface area contributed by atoms with Gasteiger partial charge < -0.3 is 14.6 Å². The van der Waals surface area contributed by atoms with Crippen LogP contribution in [0.4, 0.5) is 0 Å². The number of phenols is 1. The molecule has 0 amide bonds. The SMILES string of the molecule is Oc1ccc2c(c1)O[C@@H](c1ccc(OCCN3CCCCC3)cc1)[C@H](/C1=C/CCCCCCCC1)S2. The molecule has 0 unspecified atom stereocenters. The monoisotopic (exact) mass is 507 g/mol. The number of fused-ring (bicyclic) bond motifs is 1. The van der Waals surface area contributed by atoms with Gasteiger partial charge in [-0.05, 0) is 81.4 Å². The number of aromatic hydroxyl groups is 1. The maximum absolute atomic E-state index is 10.1. The molecule has 5 rings (SSSR count). The van der Waals surface area contributed by atoms with Gasteiger partial charge in [-0.2, -0.15) is 0 Å². The number of allylic oxidation sites excluding steroid dienone is 1. The maximum Gasteiger partial charge on any atom is 0.140 e. The van der Waals surface area contributed by atoms with Crippen molar-refractivity contribution in [3.05, 3.63) is 59.7 Å². The van der Waals surface area contributed by atoms with Gasteiger partial charge in [0.1, 0.15) is 30.0 Å². The van der Waals surface area contributed by atoms with E-state index in [4.69, 9.17) is 9.47 Å². The third-order valence-corrected chi connectivity index (χ3v) is 9.13. The van der Waals surface area contributed by atoms with Crippen molar-refractivity contribution in [3.63, 3.8) is 0 Å². The number of benzene rings is 2. The Labute approximate surface area is 221 Å². The Bertz CT molecular complexity index is 999. The van der Waals surface area contributed by atoms with Crippen LogP contribution in [-0.2, 0) is 0 Å². The highest BCUT2D eigenvalue weighted by Crippen LogP contribution is 2.50. The highest BCUT2D eigenvalue weighted by molar-refractivity contribution is 8.00. The molecule has 2 aliphatic heterocycles. The predicted octanol–water partition coefficient (Wildman–Crippen LogP) is 7.91. The van der Waals surface area contributed by atoms with Crippen molar-refractivity contribution < 1.29 is 14.6 Å². The fraction of sp³-hybridized carbons (Fsp3) is 0.548. The zero-order chi connectivity index (χ0) is 24.6. The molecule has 1 fully saturated rings. The Morgan fingerprint density at radius 1 is 0.889 bits per heavy atom. The number of hydrogen-bond donors (Lipinski definition) is 1. The zero-order valence-electron chi connectivity index (χ0n) is 21.5. The van der Waals surface area contributed by atoms with Crippen molar-refractivity contribution in [2.75, 3.05) is 26.2 Å². The van der Waals surface area contributed by atoms with E-state index in [2.05, 4.69) is 35.2 Å². The summed E-state index contributed by atoms with van der Waals surface area (Å²) in [5, 5.41) is 10.3. The first-order valence-corrected chi connectivity index (χ1v) is 14.9. The predicted molar refractivity (Wildman–Crippen MR) is 148 cm³/mol. The summed E-state index contributed by atoms with van der Waals surface area (Å²) in [7, 11) is 0. The van der Waals surface area contributed by atoms with Crippen LogP contribution in [0.5, 0.6) is 17.2 Å². The van der Waals surface area contributed by atoms with Crippen molar-refractivity contribution >= 4 is 11.8 Å². The Morgan fingerprint density at radius 3 is 2.47 bits per heavy atom. The molecule has 194 valence electrons. The molecule has 0 bridgehead atoms. The molecular formula is C31H41NO3S. The normalized spacial score (nSPS) is 25.2. The highest BCUT2D eigenvalue weighted by atomic mass is 32.2. The Morgan fingerprint density at radius 2 is 1.64 bits per heavy atom. The van der Waals surface area contributed by atoms with Gasteiger partial charge in [-0.25, -0.2) is 0 Å². The van der Waals surface area contributed by atoms with E-state index in [0.717, 1.165) is 42.4 Å². The Hall–Kier alpha value is -2.11. The van der Waals surface area contributed by atoms with Crippen molar-refractivity contribution in [2.45, 2.75) is 86.9 Å². The second-order valence-electron chi connectivity index (χ2n) is 10.5.